The van der Waals surface area contributed by atoms with E-state index in [0.717, 1.165) is 78.6 Å². The van der Waals surface area contributed by atoms with Crippen molar-refractivity contribution in [2.24, 2.45) is 5.41 Å². The van der Waals surface area contributed by atoms with E-state index in [-0.39, 0.29) is 11.9 Å². The number of fused-ring (bicyclic) bond motifs is 1. The molecule has 4 aromatic rings. The van der Waals surface area contributed by atoms with Crippen LogP contribution in [0.3, 0.4) is 0 Å². The Hall–Kier alpha value is -3.49. The van der Waals surface area contributed by atoms with Gasteiger partial charge in [-0.2, -0.15) is 5.10 Å². The van der Waals surface area contributed by atoms with Crippen LogP contribution < -0.4 is 0 Å². The third-order valence-corrected chi connectivity index (χ3v) is 8.60. The van der Waals surface area contributed by atoms with Crippen molar-refractivity contribution in [3.05, 3.63) is 77.4 Å². The number of nitrogens with zero attached hydrogens (tertiary/aromatic N) is 5. The van der Waals surface area contributed by atoms with Gasteiger partial charge in [-0.3, -0.25) is 9.69 Å². The van der Waals surface area contributed by atoms with Crippen LogP contribution in [-0.4, -0.2) is 75.4 Å². The van der Waals surface area contributed by atoms with E-state index in [4.69, 9.17) is 9.72 Å². The number of carbonyl (C=O) groups is 1. The number of hydrogen-bond acceptors (Lipinski definition) is 6. The number of nitrogens with one attached hydrogen (secondary N) is 1. The standard InChI is InChI=1S/C31H38N6O2/c1-22-15-23(2)37(34-22)28-6-4-5-25(16-28)26(17-29(38)39-3)18-35-13-10-31(20-35)11-14-36(21-31)19-27-8-7-24-9-12-32-30(24)33-27/h4-9,12,15-16,26H,10-11,13-14,17-21H2,1-3H3,(H,32,33)/t26-,31?/m1/s1. The van der Waals surface area contributed by atoms with Crippen molar-refractivity contribution in [3.8, 4) is 5.69 Å². The van der Waals surface area contributed by atoms with E-state index < -0.39 is 0 Å². The number of likely N-dealkylation sites (tertiary alicyclic amines) is 2. The molecule has 2 aliphatic heterocycles. The molecule has 39 heavy (non-hydrogen) atoms. The highest BCUT2D eigenvalue weighted by atomic mass is 16.5. The van der Waals surface area contributed by atoms with E-state index in [9.17, 15) is 4.79 Å². The molecule has 1 N–H and O–H groups in total. The van der Waals surface area contributed by atoms with E-state index in [2.05, 4.69) is 75.3 Å². The second-order valence-corrected chi connectivity index (χ2v) is 11.6. The maximum Gasteiger partial charge on any atom is 0.306 e. The van der Waals surface area contributed by atoms with E-state index in [0.29, 0.717) is 11.8 Å². The Morgan fingerprint density at radius 2 is 1.90 bits per heavy atom. The van der Waals surface area contributed by atoms with Crippen LogP contribution in [0.1, 0.15) is 47.8 Å². The van der Waals surface area contributed by atoms with Gasteiger partial charge in [-0.15, -0.1) is 0 Å². The van der Waals surface area contributed by atoms with Crippen LogP contribution in [0, 0.1) is 19.3 Å². The lowest BCUT2D eigenvalue weighted by atomic mass is 9.86. The van der Waals surface area contributed by atoms with Gasteiger partial charge in [0.15, 0.2) is 0 Å². The minimum absolute atomic E-state index is 0.0683. The average Bonchev–Trinajstić information content (AvgIpc) is 3.72. The third-order valence-electron chi connectivity index (χ3n) is 8.60. The first-order valence-corrected chi connectivity index (χ1v) is 14.0. The average molecular weight is 527 g/mol. The van der Waals surface area contributed by atoms with E-state index in [1.165, 1.54) is 20.0 Å². The second-order valence-electron chi connectivity index (χ2n) is 11.6. The molecule has 1 spiro atoms. The highest BCUT2D eigenvalue weighted by molar-refractivity contribution is 5.75. The number of carbonyl (C=O) groups excluding carboxylic acids is 1. The Morgan fingerprint density at radius 1 is 1.08 bits per heavy atom. The van der Waals surface area contributed by atoms with E-state index in [1.54, 1.807) is 0 Å². The van der Waals surface area contributed by atoms with Crippen LogP contribution >= 0.6 is 0 Å². The monoisotopic (exact) mass is 526 g/mol. The fraction of sp³-hybridized carbons (Fsp3) is 0.452. The summed E-state index contributed by atoms with van der Waals surface area (Å²) in [5.74, 6) is -0.0947. The summed E-state index contributed by atoms with van der Waals surface area (Å²) in [6.07, 6.45) is 4.73. The normalized spacial score (nSPS) is 20.8. The van der Waals surface area contributed by atoms with Crippen LogP contribution in [0.4, 0.5) is 0 Å². The molecule has 5 heterocycles. The van der Waals surface area contributed by atoms with Gasteiger partial charge >= 0.3 is 5.97 Å². The van der Waals surface area contributed by atoms with Gasteiger partial charge in [-0.1, -0.05) is 12.1 Å². The summed E-state index contributed by atoms with van der Waals surface area (Å²) in [7, 11) is 1.48. The van der Waals surface area contributed by atoms with Crippen LogP contribution in [0.2, 0.25) is 0 Å². The number of benzene rings is 1. The molecular weight excluding hydrogens is 488 g/mol. The van der Waals surface area contributed by atoms with Crippen molar-refractivity contribution in [2.75, 3.05) is 39.8 Å². The molecule has 0 radical (unpaired) electrons. The largest absolute Gasteiger partial charge is 0.469 e. The molecule has 8 nitrogen and oxygen atoms in total. The molecule has 0 saturated carbocycles. The maximum absolute atomic E-state index is 12.4. The molecule has 2 fully saturated rings. The highest BCUT2D eigenvalue weighted by Gasteiger charge is 2.43. The Balaban J connectivity index is 1.14. The molecule has 0 aliphatic carbocycles. The number of aromatic amines is 1. The molecule has 204 valence electrons. The smallest absolute Gasteiger partial charge is 0.306 e. The predicted molar refractivity (Wildman–Crippen MR) is 152 cm³/mol. The Morgan fingerprint density at radius 3 is 2.69 bits per heavy atom. The van der Waals surface area contributed by atoms with Crippen LogP contribution in [-0.2, 0) is 16.1 Å². The molecule has 2 saturated heterocycles. The Labute approximate surface area is 230 Å². The van der Waals surface area contributed by atoms with E-state index >= 15 is 0 Å². The molecule has 0 bridgehead atoms. The van der Waals surface area contributed by atoms with Crippen molar-refractivity contribution in [1.82, 2.24) is 29.5 Å². The van der Waals surface area contributed by atoms with Gasteiger partial charge in [-0.05, 0) is 87.2 Å². The predicted octanol–water partition coefficient (Wildman–Crippen LogP) is 4.61. The van der Waals surface area contributed by atoms with Crippen molar-refractivity contribution in [3.63, 3.8) is 0 Å². The fourth-order valence-corrected chi connectivity index (χ4v) is 6.65. The van der Waals surface area contributed by atoms with Gasteiger partial charge in [0.1, 0.15) is 5.65 Å². The summed E-state index contributed by atoms with van der Waals surface area (Å²) in [5, 5.41) is 5.82. The Kier molecular flexibility index (Phi) is 6.99. The lowest BCUT2D eigenvalue weighted by Crippen LogP contribution is -2.33. The van der Waals surface area contributed by atoms with Crippen molar-refractivity contribution < 1.29 is 9.53 Å². The number of methoxy groups -OCH3 is 1. The molecule has 1 unspecified atom stereocenters. The van der Waals surface area contributed by atoms with Crippen molar-refractivity contribution in [2.45, 2.75) is 45.6 Å². The first-order chi connectivity index (χ1) is 18.9. The van der Waals surface area contributed by atoms with Crippen LogP contribution in [0.25, 0.3) is 16.7 Å². The number of aryl methyl sites for hydroxylation is 2. The minimum Gasteiger partial charge on any atom is -0.469 e. The van der Waals surface area contributed by atoms with Crippen LogP contribution in [0.15, 0.2) is 54.7 Å². The van der Waals surface area contributed by atoms with Crippen LogP contribution in [0.5, 0.6) is 0 Å². The number of ether oxygens (including phenoxy) is 1. The molecule has 2 atom stereocenters. The van der Waals surface area contributed by atoms with Gasteiger partial charge in [0.2, 0.25) is 0 Å². The minimum atomic E-state index is -0.163. The molecule has 1 aromatic carbocycles. The highest BCUT2D eigenvalue weighted by Crippen LogP contribution is 2.41. The lowest BCUT2D eigenvalue weighted by Gasteiger charge is -2.27. The summed E-state index contributed by atoms with van der Waals surface area (Å²) < 4.78 is 7.08. The molecule has 3 aromatic heterocycles. The van der Waals surface area contributed by atoms with Gasteiger partial charge in [0.05, 0.1) is 30.6 Å². The third kappa shape index (κ3) is 5.49. The van der Waals surface area contributed by atoms with Crippen molar-refractivity contribution >= 4 is 17.0 Å². The van der Waals surface area contributed by atoms with Crippen molar-refractivity contribution in [1.29, 1.82) is 0 Å². The summed E-state index contributed by atoms with van der Waals surface area (Å²) in [6.45, 7) is 10.2. The summed E-state index contributed by atoms with van der Waals surface area (Å²) in [4.78, 5) is 25.6. The molecule has 2 aliphatic rings. The number of H-pyrrole nitrogens is 1. The number of esters is 1. The molecule has 0 amide bonds. The topological polar surface area (TPSA) is 79.3 Å². The number of hydrogen-bond donors (Lipinski definition) is 1. The number of pyridine rings is 1. The lowest BCUT2D eigenvalue weighted by molar-refractivity contribution is -0.141. The first-order valence-electron chi connectivity index (χ1n) is 14.0. The zero-order chi connectivity index (χ0) is 27.0. The summed E-state index contributed by atoms with van der Waals surface area (Å²) in [5.41, 5.74) is 6.69. The zero-order valence-electron chi connectivity index (χ0n) is 23.2. The number of aromatic nitrogens is 4. The quantitative estimate of drug-likeness (QED) is 0.338. The van der Waals surface area contributed by atoms with Gasteiger partial charge in [0, 0.05) is 49.4 Å². The molecule has 6 rings (SSSR count). The van der Waals surface area contributed by atoms with Gasteiger partial charge in [-0.25, -0.2) is 9.67 Å². The van der Waals surface area contributed by atoms with E-state index in [1.807, 2.05) is 17.8 Å². The Bertz CT molecular complexity index is 1470. The van der Waals surface area contributed by atoms with Gasteiger partial charge in [0.25, 0.3) is 0 Å². The summed E-state index contributed by atoms with van der Waals surface area (Å²) >= 11 is 0. The number of rotatable bonds is 8. The van der Waals surface area contributed by atoms with Gasteiger partial charge < -0.3 is 14.6 Å². The molecular formula is C31H38N6O2. The molecule has 8 heteroatoms. The maximum atomic E-state index is 12.4. The zero-order valence-corrected chi connectivity index (χ0v) is 23.2. The first kappa shape index (κ1) is 25.8. The SMILES string of the molecule is COC(=O)C[C@H](CN1CCC2(CCN(Cc3ccc4cc[nH]c4n3)C2)C1)c1cccc(-n2nc(C)cc2C)c1. The second kappa shape index (κ2) is 10.6. The summed E-state index contributed by atoms with van der Waals surface area (Å²) in [6, 6.07) is 16.9. The fourth-order valence-electron chi connectivity index (χ4n) is 6.65.